The van der Waals surface area contributed by atoms with Crippen LogP contribution in [0.25, 0.3) is 0 Å². The molecule has 4 heteroatoms. The minimum absolute atomic E-state index is 0.322. The van der Waals surface area contributed by atoms with Gasteiger partial charge < -0.3 is 10.4 Å². The lowest BCUT2D eigenvalue weighted by Crippen LogP contribution is -2.38. The van der Waals surface area contributed by atoms with Crippen LogP contribution in [-0.4, -0.2) is 23.5 Å². The van der Waals surface area contributed by atoms with Gasteiger partial charge >= 0.3 is 5.97 Å². The van der Waals surface area contributed by atoms with Gasteiger partial charge in [0, 0.05) is 6.54 Å². The lowest BCUT2D eigenvalue weighted by atomic mass is 9.82. The molecule has 68 valence electrons. The lowest BCUT2D eigenvalue weighted by Gasteiger charge is -2.19. The van der Waals surface area contributed by atoms with E-state index in [1.54, 1.807) is 0 Å². The van der Waals surface area contributed by atoms with Crippen molar-refractivity contribution in [2.45, 2.75) is 26.2 Å². The van der Waals surface area contributed by atoms with E-state index in [1.807, 2.05) is 6.92 Å². The molecule has 0 spiro atoms. The quantitative estimate of drug-likeness (QED) is 0.603. The largest absolute Gasteiger partial charge is 0.480 e. The summed E-state index contributed by atoms with van der Waals surface area (Å²) in [5, 5.41) is 11.5. The van der Waals surface area contributed by atoms with E-state index in [0.29, 0.717) is 19.4 Å². The van der Waals surface area contributed by atoms with Gasteiger partial charge in [-0.05, 0) is 12.8 Å². The number of aliphatic carboxylic acids is 1. The normalized spacial score (nSPS) is 28.6. The average Bonchev–Trinajstić information content (AvgIpc) is 2.34. The summed E-state index contributed by atoms with van der Waals surface area (Å²) in [7, 11) is 0. The molecule has 0 aliphatic carbocycles. The second-order valence-corrected chi connectivity index (χ2v) is 3.14. The summed E-state index contributed by atoms with van der Waals surface area (Å²) in [5.41, 5.74) is -1.13. The molecule has 1 rings (SSSR count). The number of carboxylic acids is 1. The van der Waals surface area contributed by atoms with Gasteiger partial charge in [0.25, 0.3) is 0 Å². The van der Waals surface area contributed by atoms with Crippen LogP contribution in [0.2, 0.25) is 0 Å². The van der Waals surface area contributed by atoms with Crippen LogP contribution in [-0.2, 0) is 9.59 Å². The Labute approximate surface area is 71.0 Å². The number of rotatable bonds is 3. The van der Waals surface area contributed by atoms with Crippen LogP contribution in [0.4, 0.5) is 0 Å². The zero-order valence-corrected chi connectivity index (χ0v) is 7.09. The second kappa shape index (κ2) is 3.13. The van der Waals surface area contributed by atoms with Crippen LogP contribution in [0.1, 0.15) is 26.2 Å². The molecule has 1 saturated heterocycles. The molecule has 0 aromatic rings. The Hall–Kier alpha value is -1.06. The van der Waals surface area contributed by atoms with Crippen molar-refractivity contribution in [2.75, 3.05) is 6.54 Å². The summed E-state index contributed by atoms with van der Waals surface area (Å²) < 4.78 is 0. The average molecular weight is 171 g/mol. The number of hydrogen-bond acceptors (Lipinski definition) is 2. The Kier molecular flexibility index (Phi) is 2.35. The van der Waals surface area contributed by atoms with Crippen LogP contribution in [0.15, 0.2) is 0 Å². The van der Waals surface area contributed by atoms with Gasteiger partial charge in [0.15, 0.2) is 0 Å². The fourth-order valence-corrected chi connectivity index (χ4v) is 1.65. The molecular formula is C8H13NO3. The SMILES string of the molecule is CCC[C@]1(C(=O)O)CCNC1=O. The van der Waals surface area contributed by atoms with Gasteiger partial charge in [0.2, 0.25) is 5.91 Å². The van der Waals surface area contributed by atoms with E-state index in [-0.39, 0.29) is 5.91 Å². The minimum atomic E-state index is -1.13. The number of hydrogen-bond donors (Lipinski definition) is 2. The third kappa shape index (κ3) is 1.17. The number of amides is 1. The highest BCUT2D eigenvalue weighted by Gasteiger charge is 2.48. The third-order valence-corrected chi connectivity index (χ3v) is 2.36. The van der Waals surface area contributed by atoms with Crippen molar-refractivity contribution in [3.8, 4) is 0 Å². The standard InChI is InChI=1S/C8H13NO3/c1-2-3-8(7(11)12)4-5-9-6(8)10/h2-5H2,1H3,(H,9,10)(H,11,12)/t8-/m0/s1. The summed E-state index contributed by atoms with van der Waals surface area (Å²) in [6.45, 7) is 2.38. The van der Waals surface area contributed by atoms with Gasteiger partial charge in [-0.15, -0.1) is 0 Å². The first-order valence-electron chi connectivity index (χ1n) is 4.15. The maximum absolute atomic E-state index is 11.2. The lowest BCUT2D eigenvalue weighted by molar-refractivity contribution is -0.154. The predicted molar refractivity (Wildman–Crippen MR) is 42.6 cm³/mol. The molecule has 0 unspecified atom stereocenters. The highest BCUT2D eigenvalue weighted by Crippen LogP contribution is 2.32. The van der Waals surface area contributed by atoms with Crippen LogP contribution in [0, 0.1) is 5.41 Å². The maximum Gasteiger partial charge on any atom is 0.319 e. The third-order valence-electron chi connectivity index (χ3n) is 2.36. The van der Waals surface area contributed by atoms with Crippen molar-refractivity contribution >= 4 is 11.9 Å². The Morgan fingerprint density at radius 2 is 2.42 bits per heavy atom. The summed E-state index contributed by atoms with van der Waals surface area (Å²) in [4.78, 5) is 22.1. The van der Waals surface area contributed by atoms with Gasteiger partial charge in [-0.1, -0.05) is 13.3 Å². The van der Waals surface area contributed by atoms with Crippen molar-refractivity contribution in [1.29, 1.82) is 0 Å². The smallest absolute Gasteiger partial charge is 0.319 e. The van der Waals surface area contributed by atoms with E-state index >= 15 is 0 Å². The molecule has 0 saturated carbocycles. The van der Waals surface area contributed by atoms with Crippen LogP contribution in [0.3, 0.4) is 0 Å². The molecule has 0 radical (unpaired) electrons. The second-order valence-electron chi connectivity index (χ2n) is 3.14. The number of carbonyl (C=O) groups excluding carboxylic acids is 1. The highest BCUT2D eigenvalue weighted by molar-refractivity contribution is 6.03. The molecule has 1 fully saturated rings. The summed E-state index contributed by atoms with van der Waals surface area (Å²) in [6, 6.07) is 0. The zero-order chi connectivity index (χ0) is 9.19. The van der Waals surface area contributed by atoms with E-state index in [2.05, 4.69) is 5.32 Å². The summed E-state index contributed by atoms with van der Waals surface area (Å²) in [6.07, 6.45) is 1.59. The maximum atomic E-state index is 11.2. The van der Waals surface area contributed by atoms with E-state index in [9.17, 15) is 9.59 Å². The minimum Gasteiger partial charge on any atom is -0.480 e. The van der Waals surface area contributed by atoms with Gasteiger partial charge in [0.1, 0.15) is 5.41 Å². The van der Waals surface area contributed by atoms with Gasteiger partial charge in [-0.3, -0.25) is 9.59 Å². The molecule has 1 heterocycles. The Morgan fingerprint density at radius 3 is 2.75 bits per heavy atom. The molecule has 0 aromatic heterocycles. The van der Waals surface area contributed by atoms with E-state index in [0.717, 1.165) is 6.42 Å². The van der Waals surface area contributed by atoms with Crippen LogP contribution >= 0.6 is 0 Å². The Balaban J connectivity index is 2.85. The van der Waals surface area contributed by atoms with E-state index in [4.69, 9.17) is 5.11 Å². The van der Waals surface area contributed by atoms with Crippen molar-refractivity contribution < 1.29 is 14.7 Å². The molecule has 2 N–H and O–H groups in total. The summed E-state index contributed by atoms with van der Waals surface area (Å²) >= 11 is 0. The van der Waals surface area contributed by atoms with E-state index in [1.165, 1.54) is 0 Å². The molecular weight excluding hydrogens is 158 g/mol. The fourth-order valence-electron chi connectivity index (χ4n) is 1.65. The van der Waals surface area contributed by atoms with Crippen LogP contribution in [0.5, 0.6) is 0 Å². The van der Waals surface area contributed by atoms with Gasteiger partial charge in [-0.2, -0.15) is 0 Å². The van der Waals surface area contributed by atoms with Gasteiger partial charge in [-0.25, -0.2) is 0 Å². The molecule has 0 bridgehead atoms. The first kappa shape index (κ1) is 9.03. The molecule has 1 aliphatic rings. The molecule has 1 atom stereocenters. The zero-order valence-electron chi connectivity index (χ0n) is 7.09. The van der Waals surface area contributed by atoms with Crippen molar-refractivity contribution in [3.63, 3.8) is 0 Å². The van der Waals surface area contributed by atoms with Crippen molar-refractivity contribution in [3.05, 3.63) is 0 Å². The van der Waals surface area contributed by atoms with Crippen molar-refractivity contribution in [2.24, 2.45) is 5.41 Å². The first-order valence-corrected chi connectivity index (χ1v) is 4.15. The number of carboxylic acid groups (broad SMARTS) is 1. The van der Waals surface area contributed by atoms with Crippen molar-refractivity contribution in [1.82, 2.24) is 5.32 Å². The molecule has 1 aliphatic heterocycles. The Morgan fingerprint density at radius 1 is 1.75 bits per heavy atom. The van der Waals surface area contributed by atoms with E-state index < -0.39 is 11.4 Å². The highest BCUT2D eigenvalue weighted by atomic mass is 16.4. The predicted octanol–water partition coefficient (Wildman–Crippen LogP) is 0.377. The molecule has 12 heavy (non-hydrogen) atoms. The molecule has 1 amide bonds. The first-order chi connectivity index (χ1) is 5.63. The van der Waals surface area contributed by atoms with Crippen LogP contribution < -0.4 is 5.32 Å². The molecule has 0 aromatic carbocycles. The monoisotopic (exact) mass is 171 g/mol. The number of carbonyl (C=O) groups is 2. The Bertz CT molecular complexity index is 214. The fraction of sp³-hybridized carbons (Fsp3) is 0.750. The molecule has 4 nitrogen and oxygen atoms in total. The van der Waals surface area contributed by atoms with Gasteiger partial charge in [0.05, 0.1) is 0 Å². The number of nitrogens with one attached hydrogen (secondary N) is 1. The topological polar surface area (TPSA) is 66.4 Å². The summed E-state index contributed by atoms with van der Waals surface area (Å²) in [5.74, 6) is -1.31.